The van der Waals surface area contributed by atoms with E-state index in [1.54, 1.807) is 38.1 Å². The maximum atomic E-state index is 14.7. The van der Waals surface area contributed by atoms with Crippen molar-refractivity contribution in [1.82, 2.24) is 4.57 Å². The van der Waals surface area contributed by atoms with E-state index in [-0.39, 0.29) is 28.9 Å². The van der Waals surface area contributed by atoms with Crippen molar-refractivity contribution in [2.75, 3.05) is 7.11 Å². The normalized spacial score (nSPS) is 12.3. The fourth-order valence-electron chi connectivity index (χ4n) is 4.32. The summed E-state index contributed by atoms with van der Waals surface area (Å²) in [4.78, 5) is 25.0. The number of aliphatic carboxylic acids is 1. The Morgan fingerprint density at radius 3 is 2.23 bits per heavy atom. The van der Waals surface area contributed by atoms with Gasteiger partial charge in [-0.3, -0.25) is 4.79 Å². The first kappa shape index (κ1) is 27.5. The molecular formula is C28H23F4NO6. The summed E-state index contributed by atoms with van der Waals surface area (Å²) in [5.74, 6) is -2.57. The molecule has 0 saturated carbocycles. The summed E-state index contributed by atoms with van der Waals surface area (Å²) in [7, 11) is 1.48. The highest BCUT2D eigenvalue weighted by Crippen LogP contribution is 2.36. The van der Waals surface area contributed by atoms with E-state index < -0.39 is 35.8 Å². The summed E-state index contributed by atoms with van der Waals surface area (Å²) in [5, 5.41) is 9.63. The number of hydrogen-bond donors (Lipinski definition) is 1. The Bertz CT molecular complexity index is 1540. The largest absolute Gasteiger partial charge is 0.573 e. The minimum Gasteiger partial charge on any atom is -0.497 e. The number of methoxy groups -OCH3 is 1. The van der Waals surface area contributed by atoms with Crippen LogP contribution in [0.2, 0.25) is 0 Å². The predicted octanol–water partition coefficient (Wildman–Crippen LogP) is 6.46. The summed E-state index contributed by atoms with van der Waals surface area (Å²) in [6.45, 7) is 3.15. The summed E-state index contributed by atoms with van der Waals surface area (Å²) in [6.07, 6.45) is -6.11. The van der Waals surface area contributed by atoms with E-state index in [0.29, 0.717) is 22.4 Å². The van der Waals surface area contributed by atoms with Gasteiger partial charge in [0.1, 0.15) is 23.1 Å². The number of ether oxygens (including phenoxy) is 3. The number of carbonyl (C=O) groups excluding carboxylic acids is 1. The van der Waals surface area contributed by atoms with Crippen molar-refractivity contribution in [1.29, 1.82) is 0 Å². The Hall–Kier alpha value is -4.54. The third kappa shape index (κ3) is 5.82. The number of aromatic nitrogens is 1. The summed E-state index contributed by atoms with van der Waals surface area (Å²) in [5.41, 5.74) is 1.01. The van der Waals surface area contributed by atoms with E-state index in [1.807, 2.05) is 0 Å². The molecule has 0 radical (unpaired) electrons. The molecule has 0 aliphatic rings. The molecule has 0 bridgehead atoms. The number of rotatable bonds is 9. The smallest absolute Gasteiger partial charge is 0.497 e. The quantitative estimate of drug-likeness (QED) is 0.192. The second-order valence-electron chi connectivity index (χ2n) is 8.58. The van der Waals surface area contributed by atoms with E-state index >= 15 is 0 Å². The predicted molar refractivity (Wildman–Crippen MR) is 133 cm³/mol. The first-order valence-corrected chi connectivity index (χ1v) is 11.7. The molecule has 1 unspecified atom stereocenters. The second kappa shape index (κ2) is 10.7. The molecule has 4 rings (SSSR count). The molecule has 0 aliphatic heterocycles. The molecule has 11 heteroatoms. The van der Waals surface area contributed by atoms with Crippen molar-refractivity contribution >= 4 is 22.7 Å². The molecule has 0 spiro atoms. The van der Waals surface area contributed by atoms with Gasteiger partial charge < -0.3 is 23.9 Å². The molecule has 1 heterocycles. The van der Waals surface area contributed by atoms with Gasteiger partial charge in [0.15, 0.2) is 11.9 Å². The third-order valence-electron chi connectivity index (χ3n) is 6.03. The fourth-order valence-corrected chi connectivity index (χ4v) is 4.32. The van der Waals surface area contributed by atoms with Crippen molar-refractivity contribution in [3.63, 3.8) is 0 Å². The lowest BCUT2D eigenvalue weighted by Gasteiger charge is -2.16. The number of carboxylic acid groups (broad SMARTS) is 1. The molecule has 7 nitrogen and oxygen atoms in total. The van der Waals surface area contributed by atoms with Gasteiger partial charge in [-0.25, -0.2) is 9.18 Å². The van der Waals surface area contributed by atoms with Crippen LogP contribution in [0.1, 0.15) is 35.0 Å². The Morgan fingerprint density at radius 1 is 0.974 bits per heavy atom. The van der Waals surface area contributed by atoms with Gasteiger partial charge in [0.05, 0.1) is 23.9 Å². The average molecular weight is 545 g/mol. The molecule has 3 aromatic carbocycles. The molecule has 0 saturated heterocycles. The zero-order valence-electron chi connectivity index (χ0n) is 21.0. The highest BCUT2D eigenvalue weighted by molar-refractivity contribution is 6.18. The fraction of sp³-hybridized carbons (Fsp3) is 0.214. The van der Waals surface area contributed by atoms with Gasteiger partial charge in [-0.05, 0) is 55.8 Å². The lowest BCUT2D eigenvalue weighted by Crippen LogP contribution is -2.26. The van der Waals surface area contributed by atoms with Crippen LogP contribution in [0.3, 0.4) is 0 Å². The van der Waals surface area contributed by atoms with Crippen LogP contribution < -0.4 is 14.2 Å². The number of nitrogens with zero attached hydrogens (tertiary/aromatic N) is 1. The molecule has 0 aliphatic carbocycles. The number of carbonyl (C=O) groups is 2. The maximum absolute atomic E-state index is 14.7. The number of halogens is 4. The molecular weight excluding hydrogens is 522 g/mol. The van der Waals surface area contributed by atoms with Crippen LogP contribution in [0.25, 0.3) is 16.6 Å². The van der Waals surface area contributed by atoms with Crippen molar-refractivity contribution in [3.05, 3.63) is 83.3 Å². The molecule has 1 atom stereocenters. The van der Waals surface area contributed by atoms with Gasteiger partial charge in [-0.2, -0.15) is 0 Å². The first-order valence-electron chi connectivity index (χ1n) is 11.7. The van der Waals surface area contributed by atoms with Gasteiger partial charge in [0.2, 0.25) is 0 Å². The molecule has 0 fully saturated rings. The molecule has 0 amide bonds. The standard InChI is InChI=1S/C28H23F4NO6/c1-4-24(27(35)36)38-21-12-17(29)11-18(13-21)33-15(2)25(26(34)16-5-7-19(37-3)8-6-16)22-10-9-20(14-23(22)33)39-28(30,31)32/h5-14,24H,4H2,1-3H3,(H,35,36). The zero-order chi connectivity index (χ0) is 28.5. The summed E-state index contributed by atoms with van der Waals surface area (Å²) < 4.78 is 69.7. The van der Waals surface area contributed by atoms with Crippen LogP contribution in [0, 0.1) is 12.7 Å². The Kier molecular flexibility index (Phi) is 7.53. The third-order valence-corrected chi connectivity index (χ3v) is 6.03. The van der Waals surface area contributed by atoms with Crippen LogP contribution in [0.4, 0.5) is 17.6 Å². The van der Waals surface area contributed by atoms with Gasteiger partial charge in [0, 0.05) is 34.8 Å². The average Bonchev–Trinajstić information content (AvgIpc) is 3.16. The van der Waals surface area contributed by atoms with Crippen LogP contribution in [-0.2, 0) is 4.79 Å². The number of hydrogen-bond acceptors (Lipinski definition) is 5. The van der Waals surface area contributed by atoms with Crippen LogP contribution >= 0.6 is 0 Å². The summed E-state index contributed by atoms with van der Waals surface area (Å²) in [6, 6.07) is 13.2. The number of carboxylic acids is 1. The first-order chi connectivity index (χ1) is 18.4. The molecule has 4 aromatic rings. The maximum Gasteiger partial charge on any atom is 0.573 e. The number of benzene rings is 3. The number of ketones is 1. The van der Waals surface area contributed by atoms with Crippen LogP contribution in [-0.4, -0.2) is 41.0 Å². The van der Waals surface area contributed by atoms with Gasteiger partial charge in [-0.15, -0.1) is 13.2 Å². The van der Waals surface area contributed by atoms with E-state index in [4.69, 9.17) is 9.47 Å². The summed E-state index contributed by atoms with van der Waals surface area (Å²) >= 11 is 0. The lowest BCUT2D eigenvalue weighted by molar-refractivity contribution is -0.274. The van der Waals surface area contributed by atoms with Gasteiger partial charge in [-0.1, -0.05) is 6.92 Å². The van der Waals surface area contributed by atoms with E-state index in [2.05, 4.69) is 4.74 Å². The van der Waals surface area contributed by atoms with Crippen molar-refractivity contribution in [2.24, 2.45) is 0 Å². The Labute approximate surface area is 220 Å². The SMILES string of the molecule is CCC(Oc1cc(F)cc(-n2c(C)c(C(=O)c3ccc(OC)cc3)c3ccc(OC(F)(F)F)cc32)c1)C(=O)O. The van der Waals surface area contributed by atoms with Gasteiger partial charge in [0.25, 0.3) is 0 Å². The second-order valence-corrected chi connectivity index (χ2v) is 8.58. The van der Waals surface area contributed by atoms with E-state index in [9.17, 15) is 32.3 Å². The highest BCUT2D eigenvalue weighted by atomic mass is 19.4. The molecule has 1 aromatic heterocycles. The minimum atomic E-state index is -4.96. The lowest BCUT2D eigenvalue weighted by atomic mass is 10.0. The Balaban J connectivity index is 1.93. The van der Waals surface area contributed by atoms with E-state index in [0.717, 1.165) is 24.3 Å². The highest BCUT2D eigenvalue weighted by Gasteiger charge is 2.32. The van der Waals surface area contributed by atoms with Crippen molar-refractivity contribution in [3.8, 4) is 22.9 Å². The monoisotopic (exact) mass is 545 g/mol. The van der Waals surface area contributed by atoms with Crippen LogP contribution in [0.15, 0.2) is 60.7 Å². The Morgan fingerprint density at radius 2 is 1.64 bits per heavy atom. The van der Waals surface area contributed by atoms with E-state index in [1.165, 1.54) is 23.8 Å². The van der Waals surface area contributed by atoms with Crippen LogP contribution in [0.5, 0.6) is 17.2 Å². The number of fused-ring (bicyclic) bond motifs is 1. The minimum absolute atomic E-state index is 0.102. The van der Waals surface area contributed by atoms with Crippen molar-refractivity contribution in [2.45, 2.75) is 32.7 Å². The van der Waals surface area contributed by atoms with Gasteiger partial charge >= 0.3 is 12.3 Å². The molecule has 1 N–H and O–H groups in total. The van der Waals surface area contributed by atoms with Crippen molar-refractivity contribution < 1.29 is 46.5 Å². The topological polar surface area (TPSA) is 87.0 Å². The zero-order valence-corrected chi connectivity index (χ0v) is 21.0. The molecule has 204 valence electrons. The molecule has 39 heavy (non-hydrogen) atoms. The number of alkyl halides is 3.